The topological polar surface area (TPSA) is 55.4 Å². The van der Waals surface area contributed by atoms with Crippen LogP contribution in [0.5, 0.6) is 0 Å². The summed E-state index contributed by atoms with van der Waals surface area (Å²) in [6, 6.07) is 11.8. The van der Waals surface area contributed by atoms with Crippen LogP contribution in [0.4, 0.5) is 5.69 Å². The Bertz CT molecular complexity index is 711. The Balaban J connectivity index is 1.95. The zero-order chi connectivity index (χ0) is 16.8. The second-order valence-corrected chi connectivity index (χ2v) is 5.67. The van der Waals surface area contributed by atoms with Crippen molar-refractivity contribution in [3.05, 3.63) is 63.6 Å². The SMILES string of the molecule is CCc1ccccc1NC(=O)COC(=O)c1cc(Cl)cc(Cl)c1. The van der Waals surface area contributed by atoms with E-state index in [0.29, 0.717) is 15.7 Å². The normalized spacial score (nSPS) is 10.2. The molecule has 4 nitrogen and oxygen atoms in total. The standard InChI is InChI=1S/C17H15Cl2NO3/c1-2-11-5-3-4-6-15(11)20-16(21)10-23-17(22)12-7-13(18)9-14(19)8-12/h3-9H,2,10H2,1H3,(H,20,21). The van der Waals surface area contributed by atoms with Crippen molar-refractivity contribution in [2.24, 2.45) is 0 Å². The van der Waals surface area contributed by atoms with Gasteiger partial charge in [0.05, 0.1) is 5.56 Å². The lowest BCUT2D eigenvalue weighted by atomic mass is 10.1. The highest BCUT2D eigenvalue weighted by Gasteiger charge is 2.12. The number of anilines is 1. The number of amides is 1. The molecule has 1 amide bonds. The number of para-hydroxylation sites is 1. The van der Waals surface area contributed by atoms with Gasteiger partial charge in [-0.3, -0.25) is 4.79 Å². The molecular formula is C17H15Cl2NO3. The number of ether oxygens (including phenoxy) is 1. The largest absolute Gasteiger partial charge is 0.452 e. The van der Waals surface area contributed by atoms with Crippen LogP contribution in [0.3, 0.4) is 0 Å². The van der Waals surface area contributed by atoms with Crippen molar-refractivity contribution in [3.8, 4) is 0 Å². The summed E-state index contributed by atoms with van der Waals surface area (Å²) >= 11 is 11.7. The summed E-state index contributed by atoms with van der Waals surface area (Å²) in [6.45, 7) is 1.61. The second-order valence-electron chi connectivity index (χ2n) is 4.79. The van der Waals surface area contributed by atoms with Gasteiger partial charge in [0.25, 0.3) is 5.91 Å². The molecule has 0 saturated carbocycles. The fourth-order valence-corrected chi connectivity index (χ4v) is 2.55. The van der Waals surface area contributed by atoms with Crippen molar-refractivity contribution in [1.29, 1.82) is 0 Å². The maximum atomic E-state index is 11.9. The third kappa shape index (κ3) is 4.98. The third-order valence-electron chi connectivity index (χ3n) is 3.10. The Morgan fingerprint density at radius 1 is 1.09 bits per heavy atom. The Morgan fingerprint density at radius 3 is 2.39 bits per heavy atom. The number of hydrogen-bond donors (Lipinski definition) is 1. The average Bonchev–Trinajstić information content (AvgIpc) is 2.52. The van der Waals surface area contributed by atoms with Gasteiger partial charge in [0.15, 0.2) is 6.61 Å². The van der Waals surface area contributed by atoms with Crippen molar-refractivity contribution in [2.75, 3.05) is 11.9 Å². The zero-order valence-corrected chi connectivity index (χ0v) is 13.9. The number of benzene rings is 2. The summed E-state index contributed by atoms with van der Waals surface area (Å²) < 4.78 is 4.98. The fraction of sp³-hybridized carbons (Fsp3) is 0.176. The number of halogens is 2. The van der Waals surface area contributed by atoms with Gasteiger partial charge in [0, 0.05) is 15.7 Å². The fourth-order valence-electron chi connectivity index (χ4n) is 2.02. The second kappa shape index (κ2) is 7.99. The van der Waals surface area contributed by atoms with Crippen molar-refractivity contribution in [2.45, 2.75) is 13.3 Å². The van der Waals surface area contributed by atoms with E-state index in [1.807, 2.05) is 25.1 Å². The molecule has 0 saturated heterocycles. The lowest BCUT2D eigenvalue weighted by Crippen LogP contribution is -2.21. The Labute approximate surface area is 144 Å². The summed E-state index contributed by atoms with van der Waals surface area (Å²) in [4.78, 5) is 23.8. The molecule has 2 aromatic rings. The number of hydrogen-bond acceptors (Lipinski definition) is 3. The number of rotatable bonds is 5. The molecule has 2 aromatic carbocycles. The van der Waals surface area contributed by atoms with Gasteiger partial charge in [-0.15, -0.1) is 0 Å². The predicted molar refractivity (Wildman–Crippen MR) is 91.2 cm³/mol. The average molecular weight is 352 g/mol. The van der Waals surface area contributed by atoms with E-state index in [4.69, 9.17) is 27.9 Å². The number of carbonyl (C=O) groups excluding carboxylic acids is 2. The molecule has 1 N–H and O–H groups in total. The van der Waals surface area contributed by atoms with Crippen LogP contribution in [-0.4, -0.2) is 18.5 Å². The van der Waals surface area contributed by atoms with Crippen LogP contribution in [-0.2, 0) is 16.0 Å². The minimum Gasteiger partial charge on any atom is -0.452 e. The van der Waals surface area contributed by atoms with Crippen LogP contribution in [0.25, 0.3) is 0 Å². The molecule has 0 aliphatic rings. The van der Waals surface area contributed by atoms with Gasteiger partial charge in [0.1, 0.15) is 0 Å². The summed E-state index contributed by atoms with van der Waals surface area (Å²) in [5, 5.41) is 3.37. The molecular weight excluding hydrogens is 337 g/mol. The summed E-state index contributed by atoms with van der Waals surface area (Å²) in [6.07, 6.45) is 0.789. The minimum absolute atomic E-state index is 0.198. The lowest BCUT2D eigenvalue weighted by Gasteiger charge is -2.10. The Kier molecular flexibility index (Phi) is 6.02. The third-order valence-corrected chi connectivity index (χ3v) is 3.54. The van der Waals surface area contributed by atoms with E-state index in [9.17, 15) is 9.59 Å². The van der Waals surface area contributed by atoms with Gasteiger partial charge in [-0.2, -0.15) is 0 Å². The maximum Gasteiger partial charge on any atom is 0.338 e. The highest BCUT2D eigenvalue weighted by molar-refractivity contribution is 6.35. The van der Waals surface area contributed by atoms with E-state index in [1.165, 1.54) is 18.2 Å². The van der Waals surface area contributed by atoms with Crippen molar-refractivity contribution in [3.63, 3.8) is 0 Å². The number of nitrogens with one attached hydrogen (secondary N) is 1. The first-order valence-electron chi connectivity index (χ1n) is 7.00. The molecule has 0 aromatic heterocycles. The summed E-state index contributed by atoms with van der Waals surface area (Å²) in [5.41, 5.74) is 1.92. The maximum absolute atomic E-state index is 11.9. The summed E-state index contributed by atoms with van der Waals surface area (Å²) in [7, 11) is 0. The number of aryl methyl sites for hydroxylation is 1. The molecule has 120 valence electrons. The predicted octanol–water partition coefficient (Wildman–Crippen LogP) is 4.35. The first-order chi connectivity index (χ1) is 11.0. The van der Waals surface area contributed by atoms with Crippen LogP contribution >= 0.6 is 23.2 Å². The molecule has 0 spiro atoms. The zero-order valence-electron chi connectivity index (χ0n) is 12.4. The molecule has 0 aliphatic heterocycles. The highest BCUT2D eigenvalue weighted by atomic mass is 35.5. The van der Waals surface area contributed by atoms with Crippen LogP contribution in [0, 0.1) is 0 Å². The van der Waals surface area contributed by atoms with E-state index < -0.39 is 11.9 Å². The smallest absolute Gasteiger partial charge is 0.338 e. The highest BCUT2D eigenvalue weighted by Crippen LogP contribution is 2.20. The Hall–Kier alpha value is -2.04. The molecule has 0 aliphatic carbocycles. The van der Waals surface area contributed by atoms with Crippen LogP contribution in [0.15, 0.2) is 42.5 Å². The first-order valence-corrected chi connectivity index (χ1v) is 7.76. The molecule has 2 rings (SSSR count). The summed E-state index contributed by atoms with van der Waals surface area (Å²) in [5.74, 6) is -1.07. The number of carbonyl (C=O) groups is 2. The van der Waals surface area contributed by atoms with E-state index in [2.05, 4.69) is 5.32 Å². The monoisotopic (exact) mass is 351 g/mol. The van der Waals surface area contributed by atoms with E-state index in [-0.39, 0.29) is 12.2 Å². The van der Waals surface area contributed by atoms with Gasteiger partial charge in [-0.05, 0) is 36.2 Å². The molecule has 0 heterocycles. The van der Waals surface area contributed by atoms with Gasteiger partial charge in [-0.25, -0.2) is 4.79 Å². The van der Waals surface area contributed by atoms with Crippen LogP contribution in [0.2, 0.25) is 10.0 Å². The molecule has 6 heteroatoms. The molecule has 0 radical (unpaired) electrons. The minimum atomic E-state index is -0.659. The molecule has 0 unspecified atom stereocenters. The van der Waals surface area contributed by atoms with E-state index in [1.54, 1.807) is 6.07 Å². The van der Waals surface area contributed by atoms with Crippen LogP contribution in [0.1, 0.15) is 22.8 Å². The van der Waals surface area contributed by atoms with Crippen LogP contribution < -0.4 is 5.32 Å². The van der Waals surface area contributed by atoms with Crippen molar-refractivity contribution in [1.82, 2.24) is 0 Å². The molecule has 0 fully saturated rings. The first kappa shape index (κ1) is 17.3. The lowest BCUT2D eigenvalue weighted by molar-refractivity contribution is -0.119. The van der Waals surface area contributed by atoms with Gasteiger partial charge in [0.2, 0.25) is 0 Å². The Morgan fingerprint density at radius 2 is 1.74 bits per heavy atom. The van der Waals surface area contributed by atoms with E-state index >= 15 is 0 Å². The van der Waals surface area contributed by atoms with Gasteiger partial charge < -0.3 is 10.1 Å². The van der Waals surface area contributed by atoms with E-state index in [0.717, 1.165) is 12.0 Å². The quantitative estimate of drug-likeness (QED) is 0.814. The van der Waals surface area contributed by atoms with Gasteiger partial charge >= 0.3 is 5.97 Å². The van der Waals surface area contributed by atoms with Crippen molar-refractivity contribution < 1.29 is 14.3 Å². The molecule has 0 atom stereocenters. The molecule has 0 bridgehead atoms. The number of esters is 1. The van der Waals surface area contributed by atoms with Gasteiger partial charge in [-0.1, -0.05) is 48.3 Å². The van der Waals surface area contributed by atoms with Crippen molar-refractivity contribution >= 4 is 40.8 Å². The molecule has 23 heavy (non-hydrogen) atoms.